The van der Waals surface area contributed by atoms with Gasteiger partial charge in [0.25, 0.3) is 0 Å². The summed E-state index contributed by atoms with van der Waals surface area (Å²) in [6.45, 7) is -0.0348. The smallest absolute Gasteiger partial charge is 0.342 e. The number of phenolic OH excluding ortho intramolecular Hbond substituents is 1. The number of ether oxygens (including phenoxy) is 6. The highest BCUT2D eigenvalue weighted by atomic mass is 16.7. The Labute approximate surface area is 183 Å². The van der Waals surface area contributed by atoms with E-state index in [9.17, 15) is 14.7 Å². The zero-order valence-corrected chi connectivity index (χ0v) is 17.8. The van der Waals surface area contributed by atoms with Crippen LogP contribution in [-0.2, 0) is 9.47 Å². The van der Waals surface area contributed by atoms with Crippen LogP contribution < -0.4 is 18.9 Å². The molecule has 0 saturated carbocycles. The molecule has 1 N–H and O–H groups in total. The highest BCUT2D eigenvalue weighted by Gasteiger charge is 2.33. The fraction of sp³-hybridized carbons (Fsp3) is 0.217. The minimum Gasteiger partial charge on any atom is -0.506 e. The summed E-state index contributed by atoms with van der Waals surface area (Å²) in [5, 5.41) is 11.7. The van der Waals surface area contributed by atoms with Gasteiger partial charge in [0.1, 0.15) is 11.3 Å². The summed E-state index contributed by atoms with van der Waals surface area (Å²) >= 11 is 0. The topological polar surface area (TPSA) is 110 Å². The maximum atomic E-state index is 13.0. The van der Waals surface area contributed by atoms with E-state index in [0.29, 0.717) is 33.9 Å². The van der Waals surface area contributed by atoms with Crippen molar-refractivity contribution in [2.45, 2.75) is 0 Å². The summed E-state index contributed by atoms with van der Waals surface area (Å²) in [7, 11) is 5.31. The molecule has 0 atom stereocenters. The van der Waals surface area contributed by atoms with Crippen LogP contribution in [0.15, 0.2) is 30.3 Å². The Kier molecular flexibility index (Phi) is 5.40. The average molecular weight is 440 g/mol. The minimum atomic E-state index is -0.899. The van der Waals surface area contributed by atoms with E-state index in [-0.39, 0.29) is 28.9 Å². The summed E-state index contributed by atoms with van der Waals surface area (Å²) in [6.07, 6.45) is 0. The lowest BCUT2D eigenvalue weighted by molar-refractivity contribution is 0.0553. The van der Waals surface area contributed by atoms with Crippen LogP contribution >= 0.6 is 0 Å². The van der Waals surface area contributed by atoms with Gasteiger partial charge < -0.3 is 33.5 Å². The molecule has 166 valence electrons. The molecule has 1 aliphatic rings. The Morgan fingerprint density at radius 3 is 2.22 bits per heavy atom. The molecule has 1 aliphatic heterocycles. The van der Waals surface area contributed by atoms with Gasteiger partial charge in [-0.3, -0.25) is 0 Å². The first-order valence-corrected chi connectivity index (χ1v) is 9.47. The van der Waals surface area contributed by atoms with Crippen molar-refractivity contribution in [1.29, 1.82) is 0 Å². The maximum absolute atomic E-state index is 13.0. The number of fused-ring (bicyclic) bond motifs is 3. The quantitative estimate of drug-likeness (QED) is 0.596. The van der Waals surface area contributed by atoms with Gasteiger partial charge in [-0.1, -0.05) is 6.07 Å². The number of aromatic hydroxyl groups is 1. The van der Waals surface area contributed by atoms with Gasteiger partial charge in [0.15, 0.2) is 23.0 Å². The number of esters is 2. The van der Waals surface area contributed by atoms with Gasteiger partial charge in [-0.2, -0.15) is 0 Å². The molecule has 1 heterocycles. The van der Waals surface area contributed by atoms with Gasteiger partial charge in [-0.05, 0) is 29.8 Å². The van der Waals surface area contributed by atoms with E-state index in [1.54, 1.807) is 30.3 Å². The van der Waals surface area contributed by atoms with Crippen molar-refractivity contribution < 1.29 is 43.1 Å². The molecule has 9 nitrogen and oxygen atoms in total. The Bertz CT molecular complexity index is 1250. The number of phenols is 1. The number of hydrogen-bond acceptors (Lipinski definition) is 9. The van der Waals surface area contributed by atoms with Crippen LogP contribution in [-0.4, -0.2) is 52.3 Å². The monoisotopic (exact) mass is 440 g/mol. The van der Waals surface area contributed by atoms with Crippen molar-refractivity contribution in [3.05, 3.63) is 41.5 Å². The van der Waals surface area contributed by atoms with Crippen molar-refractivity contribution in [2.24, 2.45) is 0 Å². The second kappa shape index (κ2) is 8.18. The summed E-state index contributed by atoms with van der Waals surface area (Å²) in [4.78, 5) is 25.6. The number of benzene rings is 3. The standard InChI is InChI=1S/C23H20O9/c1-27-13-7-5-11(9-15(13)28-2)16-17-12(6-8-14-21(17)32-10-31-14)20(24)19(23(26)30-4)18(16)22(25)29-3/h5-9,24H,10H2,1-4H3. The molecule has 9 heteroatoms. The number of hydrogen-bond donors (Lipinski definition) is 1. The molecule has 32 heavy (non-hydrogen) atoms. The van der Waals surface area contributed by atoms with E-state index in [1.165, 1.54) is 21.3 Å². The van der Waals surface area contributed by atoms with E-state index in [1.807, 2.05) is 0 Å². The van der Waals surface area contributed by atoms with E-state index in [4.69, 9.17) is 28.4 Å². The third kappa shape index (κ3) is 3.09. The van der Waals surface area contributed by atoms with Crippen molar-refractivity contribution in [3.8, 4) is 39.9 Å². The first kappa shape index (κ1) is 21.1. The third-order valence-electron chi connectivity index (χ3n) is 5.23. The average Bonchev–Trinajstić information content (AvgIpc) is 3.31. The number of carbonyl (C=O) groups is 2. The van der Waals surface area contributed by atoms with Gasteiger partial charge in [0.05, 0.1) is 34.0 Å². The number of rotatable bonds is 5. The lowest BCUT2D eigenvalue weighted by Gasteiger charge is -2.19. The highest BCUT2D eigenvalue weighted by molar-refractivity contribution is 6.20. The predicted molar refractivity (Wildman–Crippen MR) is 113 cm³/mol. The van der Waals surface area contributed by atoms with Crippen molar-refractivity contribution in [2.75, 3.05) is 35.2 Å². The van der Waals surface area contributed by atoms with Crippen LogP contribution in [0.5, 0.6) is 28.7 Å². The normalized spacial score (nSPS) is 11.9. The van der Waals surface area contributed by atoms with Crippen LogP contribution in [0.3, 0.4) is 0 Å². The largest absolute Gasteiger partial charge is 0.506 e. The van der Waals surface area contributed by atoms with Crippen molar-refractivity contribution in [1.82, 2.24) is 0 Å². The maximum Gasteiger partial charge on any atom is 0.342 e. The number of methoxy groups -OCH3 is 4. The molecule has 0 radical (unpaired) electrons. The van der Waals surface area contributed by atoms with Crippen LogP contribution in [0.4, 0.5) is 0 Å². The molecular weight excluding hydrogens is 420 g/mol. The Balaban J connectivity index is 2.23. The summed E-state index contributed by atoms with van der Waals surface area (Å²) < 4.78 is 31.7. The first-order chi connectivity index (χ1) is 15.5. The van der Waals surface area contributed by atoms with E-state index < -0.39 is 17.7 Å². The third-order valence-corrected chi connectivity index (χ3v) is 5.23. The highest BCUT2D eigenvalue weighted by Crippen LogP contribution is 2.50. The minimum absolute atomic E-state index is 0.0348. The van der Waals surface area contributed by atoms with Crippen LogP contribution in [0.2, 0.25) is 0 Å². The first-order valence-electron chi connectivity index (χ1n) is 9.47. The molecule has 4 rings (SSSR count). The van der Waals surface area contributed by atoms with E-state index in [2.05, 4.69) is 0 Å². The lowest BCUT2D eigenvalue weighted by Crippen LogP contribution is -2.14. The van der Waals surface area contributed by atoms with Gasteiger partial charge in [0, 0.05) is 16.3 Å². The lowest BCUT2D eigenvalue weighted by atomic mass is 9.87. The van der Waals surface area contributed by atoms with Crippen molar-refractivity contribution in [3.63, 3.8) is 0 Å². The molecule has 0 aromatic heterocycles. The molecule has 0 aliphatic carbocycles. The molecule has 0 amide bonds. The van der Waals surface area contributed by atoms with E-state index in [0.717, 1.165) is 7.11 Å². The molecule has 3 aromatic rings. The van der Waals surface area contributed by atoms with Crippen molar-refractivity contribution >= 4 is 22.7 Å². The SMILES string of the molecule is COC(=O)c1c(C(=O)OC)c(-c2ccc(OC)c(OC)c2)c2c3c(ccc2c1O)OCO3. The second-order valence-corrected chi connectivity index (χ2v) is 6.75. The van der Waals surface area contributed by atoms with Gasteiger partial charge in [-0.15, -0.1) is 0 Å². The molecular formula is C23H20O9. The molecule has 0 bridgehead atoms. The van der Waals surface area contributed by atoms with Gasteiger partial charge in [-0.25, -0.2) is 9.59 Å². The van der Waals surface area contributed by atoms with Crippen LogP contribution in [0.1, 0.15) is 20.7 Å². The molecule has 0 unspecified atom stereocenters. The van der Waals surface area contributed by atoms with Crippen LogP contribution in [0.25, 0.3) is 21.9 Å². The zero-order valence-electron chi connectivity index (χ0n) is 17.8. The Morgan fingerprint density at radius 1 is 0.875 bits per heavy atom. The zero-order chi connectivity index (χ0) is 23.0. The Hall–Kier alpha value is -4.14. The summed E-state index contributed by atoms with van der Waals surface area (Å²) in [5.74, 6) is -0.560. The fourth-order valence-electron chi connectivity index (χ4n) is 3.81. The van der Waals surface area contributed by atoms with E-state index >= 15 is 0 Å². The Morgan fingerprint density at radius 2 is 1.56 bits per heavy atom. The molecule has 3 aromatic carbocycles. The number of carbonyl (C=O) groups excluding carboxylic acids is 2. The molecule has 0 fully saturated rings. The summed E-state index contributed by atoms with van der Waals surface area (Å²) in [5.41, 5.74) is 0.270. The summed E-state index contributed by atoms with van der Waals surface area (Å²) in [6, 6.07) is 8.19. The predicted octanol–water partition coefficient (Wildman–Crippen LogP) is 3.53. The van der Waals surface area contributed by atoms with Gasteiger partial charge >= 0.3 is 11.9 Å². The van der Waals surface area contributed by atoms with Crippen LogP contribution in [0, 0.1) is 0 Å². The molecule has 0 spiro atoms. The fourth-order valence-corrected chi connectivity index (χ4v) is 3.81. The molecule has 0 saturated heterocycles. The van der Waals surface area contributed by atoms with Gasteiger partial charge in [0.2, 0.25) is 6.79 Å². The second-order valence-electron chi connectivity index (χ2n) is 6.75.